The van der Waals surface area contributed by atoms with E-state index in [0.717, 1.165) is 19.5 Å². The molecular formula is C16H31NO3. The predicted molar refractivity (Wildman–Crippen MR) is 81.0 cm³/mol. The van der Waals surface area contributed by atoms with E-state index in [1.54, 1.807) is 0 Å². The van der Waals surface area contributed by atoms with Gasteiger partial charge in [0, 0.05) is 6.04 Å². The van der Waals surface area contributed by atoms with Gasteiger partial charge in [0.05, 0.1) is 19.1 Å². The molecule has 0 aromatic carbocycles. The zero-order valence-corrected chi connectivity index (χ0v) is 13.1. The minimum Gasteiger partial charge on any atom is -0.481 e. The molecule has 1 fully saturated rings. The minimum atomic E-state index is -0.712. The Kier molecular flexibility index (Phi) is 8.86. The van der Waals surface area contributed by atoms with Crippen molar-refractivity contribution < 1.29 is 14.6 Å². The molecule has 0 bridgehead atoms. The summed E-state index contributed by atoms with van der Waals surface area (Å²) >= 11 is 0. The number of unbranched alkanes of at least 4 members (excludes halogenated alkanes) is 5. The van der Waals surface area contributed by atoms with E-state index in [1.165, 1.54) is 38.5 Å². The zero-order valence-electron chi connectivity index (χ0n) is 13.1. The van der Waals surface area contributed by atoms with Gasteiger partial charge in [-0.05, 0) is 25.9 Å². The van der Waals surface area contributed by atoms with Gasteiger partial charge in [0.25, 0.3) is 0 Å². The average Bonchev–Trinajstić information content (AvgIpc) is 2.90. The van der Waals surface area contributed by atoms with Crippen LogP contribution in [0.25, 0.3) is 0 Å². The van der Waals surface area contributed by atoms with Crippen LogP contribution in [0.4, 0.5) is 0 Å². The van der Waals surface area contributed by atoms with Gasteiger partial charge in [-0.3, -0.25) is 9.69 Å². The second-order valence-electron chi connectivity index (χ2n) is 5.85. The average molecular weight is 285 g/mol. The smallest absolute Gasteiger partial charge is 0.310 e. The molecule has 1 saturated heterocycles. The van der Waals surface area contributed by atoms with Crippen LogP contribution in [0.5, 0.6) is 0 Å². The highest BCUT2D eigenvalue weighted by Gasteiger charge is 2.37. The predicted octanol–water partition coefficient (Wildman–Crippen LogP) is 3.16. The molecule has 2 unspecified atom stereocenters. The van der Waals surface area contributed by atoms with Crippen molar-refractivity contribution >= 4 is 5.97 Å². The van der Waals surface area contributed by atoms with Gasteiger partial charge in [-0.1, -0.05) is 46.0 Å². The van der Waals surface area contributed by atoms with Crippen molar-refractivity contribution in [3.05, 3.63) is 0 Å². The number of carboxylic acids is 1. The number of nitrogens with zero attached hydrogens (tertiary/aromatic N) is 1. The molecule has 20 heavy (non-hydrogen) atoms. The maximum Gasteiger partial charge on any atom is 0.310 e. The summed E-state index contributed by atoms with van der Waals surface area (Å²) < 4.78 is 5.40. The Balaban J connectivity index is 2.33. The summed E-state index contributed by atoms with van der Waals surface area (Å²) in [5.74, 6) is -1.06. The van der Waals surface area contributed by atoms with Gasteiger partial charge in [0.1, 0.15) is 0 Å². The Labute approximate surface area is 123 Å². The van der Waals surface area contributed by atoms with Gasteiger partial charge in [-0.25, -0.2) is 0 Å². The molecule has 1 heterocycles. The van der Waals surface area contributed by atoms with Crippen LogP contribution in [0.15, 0.2) is 0 Å². The molecule has 118 valence electrons. The van der Waals surface area contributed by atoms with E-state index in [0.29, 0.717) is 13.2 Å². The van der Waals surface area contributed by atoms with Gasteiger partial charge in [-0.15, -0.1) is 0 Å². The molecule has 4 heteroatoms. The Morgan fingerprint density at radius 2 is 1.75 bits per heavy atom. The summed E-state index contributed by atoms with van der Waals surface area (Å²) in [7, 11) is 0. The van der Waals surface area contributed by atoms with Crippen molar-refractivity contribution in [2.45, 2.75) is 64.8 Å². The lowest BCUT2D eigenvalue weighted by atomic mass is 10.0. The van der Waals surface area contributed by atoms with E-state index in [2.05, 4.69) is 18.7 Å². The summed E-state index contributed by atoms with van der Waals surface area (Å²) in [5, 5.41) is 9.26. The second-order valence-corrected chi connectivity index (χ2v) is 5.85. The Bertz CT molecular complexity index is 270. The largest absolute Gasteiger partial charge is 0.481 e. The maximum absolute atomic E-state index is 11.3. The van der Waals surface area contributed by atoms with Gasteiger partial charge in [0.2, 0.25) is 0 Å². The van der Waals surface area contributed by atoms with Crippen molar-refractivity contribution in [3.63, 3.8) is 0 Å². The van der Waals surface area contributed by atoms with E-state index in [9.17, 15) is 9.90 Å². The van der Waals surface area contributed by atoms with E-state index < -0.39 is 5.97 Å². The van der Waals surface area contributed by atoms with Crippen LogP contribution in [0.2, 0.25) is 0 Å². The molecule has 0 aromatic heterocycles. The third-order valence-corrected chi connectivity index (χ3v) is 4.15. The van der Waals surface area contributed by atoms with Gasteiger partial charge in [0.15, 0.2) is 0 Å². The van der Waals surface area contributed by atoms with E-state index in [4.69, 9.17) is 4.74 Å². The van der Waals surface area contributed by atoms with Crippen LogP contribution in [0.3, 0.4) is 0 Å². The van der Waals surface area contributed by atoms with Crippen LogP contribution in [-0.4, -0.2) is 48.3 Å². The van der Waals surface area contributed by atoms with Crippen LogP contribution >= 0.6 is 0 Å². The topological polar surface area (TPSA) is 49.8 Å². The summed E-state index contributed by atoms with van der Waals surface area (Å²) in [6.45, 7) is 7.32. The standard InChI is InChI=1S/C16H31NO3/c1-3-5-6-7-8-9-11-17(10-4-2)15-13-20-12-14(15)16(18)19/h14-15H,3-13H2,1-2H3,(H,18,19). The van der Waals surface area contributed by atoms with Gasteiger partial charge in [-0.2, -0.15) is 0 Å². The van der Waals surface area contributed by atoms with Crippen LogP contribution in [0.1, 0.15) is 58.8 Å². The summed E-state index contributed by atoms with van der Waals surface area (Å²) in [6, 6.07) is 0.0723. The van der Waals surface area contributed by atoms with E-state index in [-0.39, 0.29) is 12.0 Å². The molecule has 1 rings (SSSR count). The fourth-order valence-corrected chi connectivity index (χ4v) is 2.96. The highest BCUT2D eigenvalue weighted by molar-refractivity contribution is 5.71. The lowest BCUT2D eigenvalue weighted by Crippen LogP contribution is -2.44. The van der Waals surface area contributed by atoms with Gasteiger partial charge < -0.3 is 9.84 Å². The fourth-order valence-electron chi connectivity index (χ4n) is 2.96. The molecule has 4 nitrogen and oxygen atoms in total. The first kappa shape index (κ1) is 17.4. The maximum atomic E-state index is 11.3. The molecule has 2 atom stereocenters. The third kappa shape index (κ3) is 5.80. The van der Waals surface area contributed by atoms with Crippen LogP contribution < -0.4 is 0 Å². The Hall–Kier alpha value is -0.610. The Morgan fingerprint density at radius 1 is 1.05 bits per heavy atom. The highest BCUT2D eigenvalue weighted by Crippen LogP contribution is 2.21. The normalized spacial score (nSPS) is 22.6. The molecule has 1 N–H and O–H groups in total. The number of hydrogen-bond acceptors (Lipinski definition) is 3. The number of hydrogen-bond donors (Lipinski definition) is 1. The molecule has 0 aromatic rings. The first-order valence-electron chi connectivity index (χ1n) is 8.25. The minimum absolute atomic E-state index is 0.0723. The van der Waals surface area contributed by atoms with Crippen molar-refractivity contribution in [2.24, 2.45) is 5.92 Å². The Morgan fingerprint density at radius 3 is 2.40 bits per heavy atom. The lowest BCUT2D eigenvalue weighted by Gasteiger charge is -2.30. The molecule has 1 aliphatic heterocycles. The summed E-state index contributed by atoms with van der Waals surface area (Å²) in [6.07, 6.45) is 8.74. The first-order valence-corrected chi connectivity index (χ1v) is 8.25. The van der Waals surface area contributed by atoms with Crippen molar-refractivity contribution in [2.75, 3.05) is 26.3 Å². The van der Waals surface area contributed by atoms with E-state index in [1.807, 2.05) is 0 Å². The number of ether oxygens (including phenoxy) is 1. The summed E-state index contributed by atoms with van der Waals surface area (Å²) in [5.41, 5.74) is 0. The molecule has 1 aliphatic rings. The van der Waals surface area contributed by atoms with Crippen molar-refractivity contribution in [3.8, 4) is 0 Å². The van der Waals surface area contributed by atoms with Gasteiger partial charge >= 0.3 is 5.97 Å². The molecular weight excluding hydrogens is 254 g/mol. The molecule has 0 amide bonds. The number of rotatable bonds is 11. The summed E-state index contributed by atoms with van der Waals surface area (Å²) in [4.78, 5) is 13.6. The zero-order chi connectivity index (χ0) is 14.8. The molecule has 0 spiro atoms. The second kappa shape index (κ2) is 10.2. The molecule has 0 aliphatic carbocycles. The first-order chi connectivity index (χ1) is 9.70. The number of aliphatic carboxylic acids is 1. The fraction of sp³-hybridized carbons (Fsp3) is 0.938. The highest BCUT2D eigenvalue weighted by atomic mass is 16.5. The number of carboxylic acid groups (broad SMARTS) is 1. The SMILES string of the molecule is CCCCCCCCN(CCC)C1COCC1C(=O)O. The van der Waals surface area contributed by atoms with Crippen LogP contribution in [0, 0.1) is 5.92 Å². The number of carbonyl (C=O) groups is 1. The van der Waals surface area contributed by atoms with Crippen molar-refractivity contribution in [1.82, 2.24) is 4.90 Å². The quantitative estimate of drug-likeness (QED) is 0.592. The molecule has 0 radical (unpaired) electrons. The van der Waals surface area contributed by atoms with Crippen LogP contribution in [-0.2, 0) is 9.53 Å². The van der Waals surface area contributed by atoms with Crippen molar-refractivity contribution in [1.29, 1.82) is 0 Å². The third-order valence-electron chi connectivity index (χ3n) is 4.15. The molecule has 0 saturated carbocycles. The van der Waals surface area contributed by atoms with E-state index >= 15 is 0 Å². The lowest BCUT2D eigenvalue weighted by molar-refractivity contribution is -0.143. The monoisotopic (exact) mass is 285 g/mol.